The van der Waals surface area contributed by atoms with Gasteiger partial charge in [0.15, 0.2) is 0 Å². The van der Waals surface area contributed by atoms with E-state index in [0.29, 0.717) is 22.6 Å². The molecule has 108 valence electrons. The van der Waals surface area contributed by atoms with Crippen LogP contribution in [-0.4, -0.2) is 22.5 Å². The molecule has 0 bridgehead atoms. The minimum Gasteiger partial charge on any atom is -0.496 e. The van der Waals surface area contributed by atoms with Gasteiger partial charge in [-0.2, -0.15) is 0 Å². The smallest absolute Gasteiger partial charge is 0.277 e. The maximum atomic E-state index is 5.64. The normalized spacial score (nSPS) is 10.8. The van der Waals surface area contributed by atoms with Crippen LogP contribution in [0.25, 0.3) is 11.5 Å². The summed E-state index contributed by atoms with van der Waals surface area (Å²) in [5.41, 5.74) is 1.63. The molecular formula is C14H13N3O3S. The monoisotopic (exact) mass is 303 g/mol. The minimum absolute atomic E-state index is 0.434. The zero-order chi connectivity index (χ0) is 14.7. The van der Waals surface area contributed by atoms with Crippen molar-refractivity contribution in [1.29, 1.82) is 0 Å². The van der Waals surface area contributed by atoms with E-state index >= 15 is 0 Å². The lowest BCUT2D eigenvalue weighted by molar-refractivity contribution is 0.390. The predicted octanol–water partition coefficient (Wildman–Crippen LogP) is 3.33. The minimum atomic E-state index is 0.434. The molecule has 21 heavy (non-hydrogen) atoms. The Balaban J connectivity index is 1.74. The maximum Gasteiger partial charge on any atom is 0.277 e. The molecule has 0 unspecified atom stereocenters. The molecule has 6 nitrogen and oxygen atoms in total. The van der Waals surface area contributed by atoms with Gasteiger partial charge in [0.25, 0.3) is 11.1 Å². The summed E-state index contributed by atoms with van der Waals surface area (Å²) in [5, 5.41) is 12.4. The fraction of sp³-hybridized carbons (Fsp3) is 0.214. The first-order valence-corrected chi connectivity index (χ1v) is 7.26. The maximum absolute atomic E-state index is 5.64. The number of aryl methyl sites for hydroxylation is 1. The van der Waals surface area contributed by atoms with Gasteiger partial charge >= 0.3 is 0 Å². The van der Waals surface area contributed by atoms with E-state index in [9.17, 15) is 0 Å². The van der Waals surface area contributed by atoms with Crippen LogP contribution >= 0.6 is 11.8 Å². The van der Waals surface area contributed by atoms with Gasteiger partial charge in [0, 0.05) is 6.07 Å². The van der Waals surface area contributed by atoms with E-state index in [1.54, 1.807) is 7.11 Å². The molecule has 3 rings (SSSR count). The van der Waals surface area contributed by atoms with Gasteiger partial charge in [0.2, 0.25) is 0 Å². The highest BCUT2D eigenvalue weighted by Crippen LogP contribution is 2.31. The summed E-state index contributed by atoms with van der Waals surface area (Å²) in [4.78, 5) is 0. The Morgan fingerprint density at radius 2 is 2.10 bits per heavy atom. The molecule has 0 aliphatic heterocycles. The molecule has 0 saturated heterocycles. The summed E-state index contributed by atoms with van der Waals surface area (Å²) in [5.74, 6) is 2.50. The number of benzene rings is 1. The number of methoxy groups -OCH3 is 1. The van der Waals surface area contributed by atoms with Gasteiger partial charge < -0.3 is 13.7 Å². The summed E-state index contributed by atoms with van der Waals surface area (Å²) in [6.45, 7) is 1.88. The number of ether oxygens (including phenoxy) is 1. The molecule has 3 aromatic rings. The van der Waals surface area contributed by atoms with Crippen LogP contribution in [0.5, 0.6) is 5.75 Å². The van der Waals surface area contributed by atoms with Crippen molar-refractivity contribution in [3.05, 3.63) is 41.8 Å². The van der Waals surface area contributed by atoms with Crippen LogP contribution in [0.2, 0.25) is 0 Å². The highest BCUT2D eigenvalue weighted by atomic mass is 32.2. The lowest BCUT2D eigenvalue weighted by Crippen LogP contribution is -1.87. The third-order valence-corrected chi connectivity index (χ3v) is 3.60. The molecule has 7 heteroatoms. The van der Waals surface area contributed by atoms with Crippen molar-refractivity contribution >= 4 is 11.8 Å². The summed E-state index contributed by atoms with van der Waals surface area (Å²) in [7, 11) is 1.61. The molecule has 0 atom stereocenters. The van der Waals surface area contributed by atoms with Crippen LogP contribution < -0.4 is 4.74 Å². The Kier molecular flexibility index (Phi) is 3.92. The van der Waals surface area contributed by atoms with Crippen molar-refractivity contribution in [3.63, 3.8) is 0 Å². The third-order valence-electron chi connectivity index (χ3n) is 2.76. The Bertz CT molecular complexity index is 738. The average molecular weight is 303 g/mol. The first-order chi connectivity index (χ1) is 10.3. The predicted molar refractivity (Wildman–Crippen MR) is 77.1 cm³/mol. The van der Waals surface area contributed by atoms with E-state index in [-0.39, 0.29) is 0 Å². The number of hydrogen-bond donors (Lipinski definition) is 0. The second kappa shape index (κ2) is 6.01. The molecular weight excluding hydrogens is 290 g/mol. The number of para-hydroxylation sites is 1. The Labute approximate surface area is 125 Å². The van der Waals surface area contributed by atoms with Gasteiger partial charge in [-0.3, -0.25) is 0 Å². The van der Waals surface area contributed by atoms with Crippen molar-refractivity contribution < 1.29 is 13.7 Å². The fourth-order valence-electron chi connectivity index (χ4n) is 1.82. The van der Waals surface area contributed by atoms with E-state index < -0.39 is 0 Å². The number of nitrogens with zero attached hydrogens (tertiary/aromatic N) is 3. The lowest BCUT2D eigenvalue weighted by Gasteiger charge is -2.03. The van der Waals surface area contributed by atoms with E-state index in [2.05, 4.69) is 15.4 Å². The molecule has 2 aromatic heterocycles. The molecule has 1 aromatic carbocycles. The second-order valence-electron chi connectivity index (χ2n) is 4.30. The summed E-state index contributed by atoms with van der Waals surface area (Å²) < 4.78 is 16.1. The number of hydrogen-bond acceptors (Lipinski definition) is 7. The van der Waals surface area contributed by atoms with Gasteiger partial charge in [-0.1, -0.05) is 29.1 Å². The van der Waals surface area contributed by atoms with Crippen molar-refractivity contribution in [3.8, 4) is 17.2 Å². The Morgan fingerprint density at radius 1 is 1.24 bits per heavy atom. The van der Waals surface area contributed by atoms with Gasteiger partial charge in [0.05, 0.1) is 24.1 Å². The van der Waals surface area contributed by atoms with Crippen molar-refractivity contribution in [2.75, 3.05) is 7.11 Å². The van der Waals surface area contributed by atoms with Crippen LogP contribution in [0.4, 0.5) is 0 Å². The molecule has 0 amide bonds. The molecule has 0 aliphatic rings. The Morgan fingerprint density at radius 3 is 2.86 bits per heavy atom. The molecule has 2 heterocycles. The van der Waals surface area contributed by atoms with Gasteiger partial charge in [-0.15, -0.1) is 10.2 Å². The number of aromatic nitrogens is 3. The van der Waals surface area contributed by atoms with Crippen molar-refractivity contribution in [1.82, 2.24) is 15.4 Å². The molecule has 0 fully saturated rings. The number of rotatable bonds is 5. The van der Waals surface area contributed by atoms with Crippen LogP contribution in [0.15, 0.2) is 44.5 Å². The molecule has 0 spiro atoms. The topological polar surface area (TPSA) is 74.2 Å². The van der Waals surface area contributed by atoms with Crippen molar-refractivity contribution in [2.45, 2.75) is 17.9 Å². The summed E-state index contributed by atoms with van der Waals surface area (Å²) in [6.07, 6.45) is 0. The van der Waals surface area contributed by atoms with Crippen LogP contribution in [0.1, 0.15) is 11.5 Å². The van der Waals surface area contributed by atoms with E-state index in [0.717, 1.165) is 17.0 Å². The van der Waals surface area contributed by atoms with Gasteiger partial charge in [0.1, 0.15) is 11.5 Å². The summed E-state index contributed by atoms with van der Waals surface area (Å²) in [6, 6.07) is 9.39. The van der Waals surface area contributed by atoms with E-state index in [1.807, 2.05) is 37.3 Å². The van der Waals surface area contributed by atoms with Gasteiger partial charge in [-0.05, 0) is 19.1 Å². The molecule has 0 N–H and O–H groups in total. The van der Waals surface area contributed by atoms with Crippen molar-refractivity contribution in [2.24, 2.45) is 0 Å². The van der Waals surface area contributed by atoms with Crippen LogP contribution in [0, 0.1) is 6.92 Å². The quantitative estimate of drug-likeness (QED) is 0.669. The zero-order valence-electron chi connectivity index (χ0n) is 11.6. The first-order valence-electron chi connectivity index (χ1n) is 6.28. The van der Waals surface area contributed by atoms with E-state index in [1.165, 1.54) is 11.8 Å². The standard InChI is InChI=1S/C14H13N3O3S/c1-9-7-10(20-17-9)8-21-14-16-15-13(19-14)11-5-3-4-6-12(11)18-2/h3-7H,8H2,1-2H3. The average Bonchev–Trinajstić information content (AvgIpc) is 3.14. The summed E-state index contributed by atoms with van der Waals surface area (Å²) >= 11 is 1.40. The molecule has 0 saturated carbocycles. The first kappa shape index (κ1) is 13.7. The Hall–Kier alpha value is -2.28. The fourth-order valence-corrected chi connectivity index (χ4v) is 2.45. The SMILES string of the molecule is COc1ccccc1-c1nnc(SCc2cc(C)no2)o1. The largest absolute Gasteiger partial charge is 0.496 e. The van der Waals surface area contributed by atoms with Gasteiger partial charge in [-0.25, -0.2) is 0 Å². The second-order valence-corrected chi connectivity index (χ2v) is 5.22. The zero-order valence-corrected chi connectivity index (χ0v) is 12.4. The van der Waals surface area contributed by atoms with Crippen LogP contribution in [-0.2, 0) is 5.75 Å². The van der Waals surface area contributed by atoms with E-state index in [4.69, 9.17) is 13.7 Å². The molecule has 0 radical (unpaired) electrons. The van der Waals surface area contributed by atoms with Crippen LogP contribution in [0.3, 0.4) is 0 Å². The lowest BCUT2D eigenvalue weighted by atomic mass is 10.2. The third kappa shape index (κ3) is 3.08. The number of thioether (sulfide) groups is 1. The molecule has 0 aliphatic carbocycles. The highest BCUT2D eigenvalue weighted by molar-refractivity contribution is 7.98. The highest BCUT2D eigenvalue weighted by Gasteiger charge is 2.14.